The van der Waals surface area contributed by atoms with Crippen molar-refractivity contribution in [3.05, 3.63) is 36.5 Å². The molecule has 0 amide bonds. The van der Waals surface area contributed by atoms with E-state index in [9.17, 15) is 44.6 Å². The lowest BCUT2D eigenvalue weighted by atomic mass is 9.85. The van der Waals surface area contributed by atoms with Gasteiger partial charge in [0.05, 0.1) is 6.61 Å². The molecule has 58 heavy (non-hydrogen) atoms. The zero-order valence-corrected chi connectivity index (χ0v) is 36.5. The lowest BCUT2D eigenvalue weighted by molar-refractivity contribution is -0.220. The average Bonchev–Trinajstić information content (AvgIpc) is 3.20. The second kappa shape index (κ2) is 34.7. The third kappa shape index (κ3) is 27.0. The lowest BCUT2D eigenvalue weighted by Crippen LogP contribution is -2.64. The van der Waals surface area contributed by atoms with E-state index < -0.39 is 75.7 Å². The molecule has 0 bridgehead atoms. The highest BCUT2D eigenvalue weighted by Gasteiger charge is 2.51. The van der Waals surface area contributed by atoms with Crippen molar-refractivity contribution >= 4 is 19.8 Å². The number of esters is 2. The standard InChI is InChI=1S/C44H79O13P/c1-3-5-7-9-11-13-15-17-19-21-23-25-27-29-31-33-38(46)56-36(35-55-58(52,53)57-44-42(50)40(48)39(47)41(49)43(44)51)34-54-37(45)32-30-28-26-24-22-20-18-16-14-12-10-8-6-4-2/h5,7,11,13,17,19,36,39-44,47-51H,3-4,6,8-10,12,14-16,18,20-35H2,1-2H3,(H,52,53)/b7-5+,13-11+,19-17+/t36-,39?,40-,41?,42?,43?,44?/m0/s1. The minimum atomic E-state index is -5.12. The summed E-state index contributed by atoms with van der Waals surface area (Å²) >= 11 is 0. The predicted molar refractivity (Wildman–Crippen MR) is 226 cm³/mol. The van der Waals surface area contributed by atoms with E-state index in [1.54, 1.807) is 0 Å². The molecule has 13 nitrogen and oxygen atoms in total. The number of carbonyl (C=O) groups is 2. The van der Waals surface area contributed by atoms with Crippen LogP contribution in [0, 0.1) is 0 Å². The molecule has 1 saturated carbocycles. The van der Waals surface area contributed by atoms with Crippen LogP contribution in [-0.2, 0) is 32.7 Å². The fraction of sp³-hybridized carbons (Fsp3) is 0.818. The Morgan fingerprint density at radius 3 is 1.50 bits per heavy atom. The summed E-state index contributed by atoms with van der Waals surface area (Å²) in [5.41, 5.74) is 0. The first kappa shape index (κ1) is 54.1. The van der Waals surface area contributed by atoms with E-state index in [0.29, 0.717) is 12.8 Å². The van der Waals surface area contributed by atoms with Gasteiger partial charge < -0.3 is 39.9 Å². The van der Waals surface area contributed by atoms with Gasteiger partial charge in [0.1, 0.15) is 43.2 Å². The Bertz CT molecular complexity index is 1160. The highest BCUT2D eigenvalue weighted by atomic mass is 31.2. The molecule has 8 atom stereocenters. The highest BCUT2D eigenvalue weighted by molar-refractivity contribution is 7.47. The first-order valence-electron chi connectivity index (χ1n) is 22.3. The predicted octanol–water partition coefficient (Wildman–Crippen LogP) is 8.22. The van der Waals surface area contributed by atoms with Gasteiger partial charge in [-0.3, -0.25) is 18.6 Å². The molecule has 1 fully saturated rings. The van der Waals surface area contributed by atoms with Crippen molar-refractivity contribution in [2.24, 2.45) is 0 Å². The van der Waals surface area contributed by atoms with E-state index in [1.165, 1.54) is 64.2 Å². The van der Waals surface area contributed by atoms with Gasteiger partial charge in [-0.25, -0.2) is 4.57 Å². The fourth-order valence-corrected chi connectivity index (χ4v) is 7.63. The zero-order valence-electron chi connectivity index (χ0n) is 35.6. The third-order valence-electron chi connectivity index (χ3n) is 10.2. The van der Waals surface area contributed by atoms with Gasteiger partial charge in [0.25, 0.3) is 0 Å². The van der Waals surface area contributed by atoms with E-state index in [4.69, 9.17) is 18.5 Å². The molecule has 0 spiro atoms. The Morgan fingerprint density at radius 2 is 0.983 bits per heavy atom. The van der Waals surface area contributed by atoms with Gasteiger partial charge in [0.2, 0.25) is 0 Å². The number of phosphoric acid groups is 1. The molecule has 0 aromatic carbocycles. The van der Waals surface area contributed by atoms with Crippen LogP contribution in [0.1, 0.15) is 174 Å². The van der Waals surface area contributed by atoms with Gasteiger partial charge in [0.15, 0.2) is 6.10 Å². The number of hydrogen-bond donors (Lipinski definition) is 6. The summed E-state index contributed by atoms with van der Waals surface area (Å²) in [6.45, 7) is 3.17. The molecule has 14 heteroatoms. The van der Waals surface area contributed by atoms with Crippen molar-refractivity contribution in [2.75, 3.05) is 13.2 Å². The summed E-state index contributed by atoms with van der Waals surface area (Å²) in [5.74, 6) is -1.12. The van der Waals surface area contributed by atoms with E-state index >= 15 is 0 Å². The van der Waals surface area contributed by atoms with Gasteiger partial charge in [-0.2, -0.15) is 0 Å². The maximum absolute atomic E-state index is 12.8. The van der Waals surface area contributed by atoms with E-state index in [1.807, 2.05) is 0 Å². The van der Waals surface area contributed by atoms with E-state index in [2.05, 4.69) is 50.3 Å². The van der Waals surface area contributed by atoms with E-state index in [-0.39, 0.29) is 12.8 Å². The van der Waals surface area contributed by atoms with Gasteiger partial charge in [0, 0.05) is 12.8 Å². The number of rotatable bonds is 36. The van der Waals surface area contributed by atoms with Crippen LogP contribution < -0.4 is 0 Å². The molecular formula is C44H79O13P. The Labute approximate surface area is 348 Å². The second-order valence-electron chi connectivity index (χ2n) is 15.5. The molecule has 6 N–H and O–H groups in total. The number of phosphoric ester groups is 1. The molecule has 1 aliphatic rings. The Balaban J connectivity index is 2.49. The summed E-state index contributed by atoms with van der Waals surface area (Å²) in [6.07, 6.45) is 24.9. The summed E-state index contributed by atoms with van der Waals surface area (Å²) in [7, 11) is -5.12. The largest absolute Gasteiger partial charge is 0.472 e. The smallest absolute Gasteiger partial charge is 0.462 e. The topological polar surface area (TPSA) is 210 Å². The highest BCUT2D eigenvalue weighted by Crippen LogP contribution is 2.47. The van der Waals surface area contributed by atoms with Crippen LogP contribution in [0.4, 0.5) is 0 Å². The lowest BCUT2D eigenvalue weighted by Gasteiger charge is -2.41. The van der Waals surface area contributed by atoms with Gasteiger partial charge >= 0.3 is 19.8 Å². The van der Waals surface area contributed by atoms with Crippen molar-refractivity contribution < 1.29 is 63.1 Å². The number of carbonyl (C=O) groups excluding carboxylic acids is 2. The maximum atomic E-state index is 12.8. The van der Waals surface area contributed by atoms with Crippen molar-refractivity contribution in [3.8, 4) is 0 Å². The monoisotopic (exact) mass is 847 g/mol. The van der Waals surface area contributed by atoms with Gasteiger partial charge in [-0.15, -0.1) is 0 Å². The Hall–Kier alpha value is -1.93. The van der Waals surface area contributed by atoms with Crippen LogP contribution in [0.2, 0.25) is 0 Å². The third-order valence-corrected chi connectivity index (χ3v) is 11.2. The molecule has 338 valence electrons. The van der Waals surface area contributed by atoms with Crippen LogP contribution in [0.25, 0.3) is 0 Å². The summed E-state index contributed by atoms with van der Waals surface area (Å²) in [6, 6.07) is 0. The molecule has 6 unspecified atom stereocenters. The van der Waals surface area contributed by atoms with Crippen LogP contribution in [-0.4, -0.2) is 98.3 Å². The minimum Gasteiger partial charge on any atom is -0.462 e. The van der Waals surface area contributed by atoms with Crippen molar-refractivity contribution in [1.82, 2.24) is 0 Å². The van der Waals surface area contributed by atoms with Crippen molar-refractivity contribution in [2.45, 2.75) is 217 Å². The number of unbranched alkanes of at least 4 members (excludes halogenated alkanes) is 18. The average molecular weight is 847 g/mol. The molecule has 0 aromatic heterocycles. The van der Waals surface area contributed by atoms with Crippen LogP contribution in [0.15, 0.2) is 36.5 Å². The molecular weight excluding hydrogens is 767 g/mol. The quantitative estimate of drug-likeness (QED) is 0.0152. The van der Waals surface area contributed by atoms with Crippen molar-refractivity contribution in [3.63, 3.8) is 0 Å². The SMILES string of the molecule is CC/C=C/C/C=C/C/C=C/CCCCCCCC(=O)O[C@@H](COC(=O)CCCCCCCCCCCCCCCC)COP(=O)(O)OC1C(O)C(O)C(O)[C@H](O)C1O. The Morgan fingerprint density at radius 1 is 0.552 bits per heavy atom. The van der Waals surface area contributed by atoms with Gasteiger partial charge in [-0.1, -0.05) is 153 Å². The second-order valence-corrected chi connectivity index (χ2v) is 16.9. The molecule has 0 aliphatic heterocycles. The fourth-order valence-electron chi connectivity index (χ4n) is 6.65. The minimum absolute atomic E-state index is 0.0784. The van der Waals surface area contributed by atoms with E-state index in [0.717, 1.165) is 70.6 Å². The molecule has 1 aliphatic carbocycles. The number of aliphatic hydroxyl groups excluding tert-OH is 5. The molecule has 1 rings (SSSR count). The summed E-state index contributed by atoms with van der Waals surface area (Å²) < 4.78 is 33.5. The van der Waals surface area contributed by atoms with Crippen LogP contribution in [0.5, 0.6) is 0 Å². The number of allylic oxidation sites excluding steroid dienone is 6. The van der Waals surface area contributed by atoms with Crippen LogP contribution in [0.3, 0.4) is 0 Å². The zero-order chi connectivity index (χ0) is 42.9. The molecule has 0 saturated heterocycles. The molecule has 0 aromatic rings. The number of hydrogen-bond acceptors (Lipinski definition) is 12. The van der Waals surface area contributed by atoms with Crippen molar-refractivity contribution in [1.29, 1.82) is 0 Å². The number of aliphatic hydroxyl groups is 5. The van der Waals surface area contributed by atoms with Crippen LogP contribution >= 0.6 is 7.82 Å². The molecule has 0 heterocycles. The normalized spacial score (nSPS) is 22.8. The first-order chi connectivity index (χ1) is 27.9. The van der Waals surface area contributed by atoms with Gasteiger partial charge in [-0.05, 0) is 44.9 Å². The summed E-state index contributed by atoms with van der Waals surface area (Å²) in [5, 5.41) is 50.1. The Kier molecular flexibility index (Phi) is 32.4. The molecule has 0 radical (unpaired) electrons. The summed E-state index contributed by atoms with van der Waals surface area (Å²) in [4.78, 5) is 35.6. The maximum Gasteiger partial charge on any atom is 0.472 e. The number of ether oxygens (including phenoxy) is 2. The first-order valence-corrected chi connectivity index (χ1v) is 23.8.